The minimum atomic E-state index is -3.10. The molecule has 2 aliphatic heterocycles. The molecule has 1 aromatic rings. The molecule has 2 aliphatic rings. The van der Waals surface area contributed by atoms with E-state index in [9.17, 15) is 8.42 Å². The van der Waals surface area contributed by atoms with E-state index in [1.165, 1.54) is 11.8 Å². The van der Waals surface area contributed by atoms with Crippen LogP contribution in [0.2, 0.25) is 0 Å². The Morgan fingerprint density at radius 2 is 2.27 bits per heavy atom. The second-order valence-corrected chi connectivity index (χ2v) is 8.35. The number of hydrogen-bond acceptors (Lipinski definition) is 5. The van der Waals surface area contributed by atoms with Gasteiger partial charge in [0.1, 0.15) is 0 Å². The minimum absolute atomic E-state index is 0.0681. The third-order valence-corrected chi connectivity index (χ3v) is 5.33. The van der Waals surface area contributed by atoms with Gasteiger partial charge in [-0.2, -0.15) is 5.10 Å². The monoisotopic (exact) mass is 328 g/mol. The first-order valence-electron chi connectivity index (χ1n) is 7.65. The molecule has 0 aromatic carbocycles. The Bertz CT molecular complexity index is 622. The predicted molar refractivity (Wildman–Crippen MR) is 82.7 cm³/mol. The molecule has 1 aromatic heterocycles. The second-order valence-electron chi connectivity index (χ2n) is 6.52. The number of sulfonamides is 1. The van der Waals surface area contributed by atoms with E-state index in [0.717, 1.165) is 39.1 Å². The van der Waals surface area contributed by atoms with Crippen molar-refractivity contribution < 1.29 is 13.2 Å². The molecular weight excluding hydrogens is 304 g/mol. The Labute approximate surface area is 131 Å². The van der Waals surface area contributed by atoms with Crippen molar-refractivity contribution in [3.63, 3.8) is 0 Å². The Morgan fingerprint density at radius 1 is 1.50 bits per heavy atom. The van der Waals surface area contributed by atoms with Crippen LogP contribution in [0.15, 0.2) is 12.4 Å². The molecule has 0 radical (unpaired) electrons. The molecule has 0 saturated carbocycles. The average molecular weight is 328 g/mol. The quantitative estimate of drug-likeness (QED) is 0.792. The summed E-state index contributed by atoms with van der Waals surface area (Å²) in [7, 11) is -1.18. The highest BCUT2D eigenvalue weighted by molar-refractivity contribution is 7.88. The normalized spacial score (nSPS) is 24.7. The number of aryl methyl sites for hydroxylation is 1. The van der Waals surface area contributed by atoms with Gasteiger partial charge in [0.25, 0.3) is 0 Å². The molecule has 2 saturated heterocycles. The van der Waals surface area contributed by atoms with E-state index in [-0.39, 0.29) is 5.60 Å². The summed E-state index contributed by atoms with van der Waals surface area (Å²) in [5.41, 5.74) is 1.15. The van der Waals surface area contributed by atoms with Crippen molar-refractivity contribution in [1.82, 2.24) is 19.4 Å². The lowest BCUT2D eigenvalue weighted by Gasteiger charge is -2.50. The van der Waals surface area contributed by atoms with Gasteiger partial charge in [-0.15, -0.1) is 0 Å². The zero-order chi connectivity index (χ0) is 15.8. The van der Waals surface area contributed by atoms with Gasteiger partial charge in [0.05, 0.1) is 18.1 Å². The third-order valence-electron chi connectivity index (χ3n) is 4.60. The molecular formula is C14H24N4O3S. The molecule has 0 bridgehead atoms. The smallest absolute Gasteiger partial charge is 0.208 e. The number of ether oxygens (including phenoxy) is 1. The molecule has 7 nitrogen and oxygen atoms in total. The van der Waals surface area contributed by atoms with E-state index >= 15 is 0 Å². The summed E-state index contributed by atoms with van der Waals surface area (Å²) >= 11 is 0. The SMILES string of the molecule is Cn1cc(CN2CC3(C2)OCCC3CCNS(C)(=O)=O)cn1. The largest absolute Gasteiger partial charge is 0.372 e. The molecule has 124 valence electrons. The maximum Gasteiger partial charge on any atom is 0.208 e. The molecule has 1 spiro atoms. The summed E-state index contributed by atoms with van der Waals surface area (Å²) in [6.07, 6.45) is 6.99. The van der Waals surface area contributed by atoms with E-state index in [1.807, 2.05) is 24.1 Å². The van der Waals surface area contributed by atoms with Crippen molar-refractivity contribution in [1.29, 1.82) is 0 Å². The first-order valence-corrected chi connectivity index (χ1v) is 9.54. The molecule has 3 heterocycles. The van der Waals surface area contributed by atoms with Crippen molar-refractivity contribution in [3.05, 3.63) is 18.0 Å². The molecule has 1 N–H and O–H groups in total. The number of nitrogens with one attached hydrogen (secondary N) is 1. The van der Waals surface area contributed by atoms with E-state index < -0.39 is 10.0 Å². The third kappa shape index (κ3) is 3.51. The Balaban J connectivity index is 1.49. The van der Waals surface area contributed by atoms with E-state index in [2.05, 4.69) is 14.7 Å². The standard InChI is InChI=1S/C14H24N4O3S/c1-17-8-12(7-15-17)9-18-10-14(11-18)13(4-6-21-14)3-5-16-22(2,19)20/h7-8,13,16H,3-6,9-11H2,1-2H3. The number of rotatable bonds is 6. The molecule has 1 atom stereocenters. The van der Waals surface area contributed by atoms with Gasteiger partial charge in [-0.25, -0.2) is 13.1 Å². The highest BCUT2D eigenvalue weighted by Crippen LogP contribution is 2.41. The van der Waals surface area contributed by atoms with Crippen molar-refractivity contribution in [2.45, 2.75) is 25.0 Å². The molecule has 22 heavy (non-hydrogen) atoms. The van der Waals surface area contributed by atoms with Crippen LogP contribution in [-0.4, -0.2) is 61.2 Å². The molecule has 0 aliphatic carbocycles. The van der Waals surface area contributed by atoms with E-state index in [4.69, 9.17) is 4.74 Å². The lowest BCUT2D eigenvalue weighted by Crippen LogP contribution is -2.64. The van der Waals surface area contributed by atoms with Gasteiger partial charge < -0.3 is 4.74 Å². The average Bonchev–Trinajstić information content (AvgIpc) is 2.95. The summed E-state index contributed by atoms with van der Waals surface area (Å²) in [6, 6.07) is 0. The van der Waals surface area contributed by atoms with Crippen molar-refractivity contribution in [3.8, 4) is 0 Å². The summed E-state index contributed by atoms with van der Waals surface area (Å²) in [4.78, 5) is 2.36. The fourth-order valence-electron chi connectivity index (χ4n) is 3.59. The first-order chi connectivity index (χ1) is 10.4. The summed E-state index contributed by atoms with van der Waals surface area (Å²) in [6.45, 7) is 4.02. The molecule has 0 amide bonds. The van der Waals surface area contributed by atoms with E-state index in [1.54, 1.807) is 0 Å². The highest BCUT2D eigenvalue weighted by Gasteiger charge is 2.52. The van der Waals surface area contributed by atoms with Gasteiger partial charge in [-0.3, -0.25) is 9.58 Å². The topological polar surface area (TPSA) is 76.5 Å². The Kier molecular flexibility index (Phi) is 4.28. The highest BCUT2D eigenvalue weighted by atomic mass is 32.2. The Morgan fingerprint density at radius 3 is 2.91 bits per heavy atom. The van der Waals surface area contributed by atoms with Gasteiger partial charge in [-0.1, -0.05) is 0 Å². The van der Waals surface area contributed by atoms with Crippen LogP contribution >= 0.6 is 0 Å². The van der Waals surface area contributed by atoms with Gasteiger partial charge in [0, 0.05) is 51.6 Å². The fraction of sp³-hybridized carbons (Fsp3) is 0.786. The second kappa shape index (κ2) is 5.92. The lowest BCUT2D eigenvalue weighted by atomic mass is 9.79. The number of likely N-dealkylation sites (tertiary alicyclic amines) is 1. The number of hydrogen-bond donors (Lipinski definition) is 1. The molecule has 1 unspecified atom stereocenters. The van der Waals surface area contributed by atoms with Gasteiger partial charge in [0.15, 0.2) is 0 Å². The van der Waals surface area contributed by atoms with Gasteiger partial charge in [-0.05, 0) is 18.8 Å². The fourth-order valence-corrected chi connectivity index (χ4v) is 4.08. The van der Waals surface area contributed by atoms with Crippen molar-refractivity contribution >= 4 is 10.0 Å². The van der Waals surface area contributed by atoms with Gasteiger partial charge >= 0.3 is 0 Å². The van der Waals surface area contributed by atoms with Crippen molar-refractivity contribution in [2.24, 2.45) is 13.0 Å². The van der Waals surface area contributed by atoms with Crippen LogP contribution in [0.4, 0.5) is 0 Å². The predicted octanol–water partition coefficient (Wildman–Crippen LogP) is -0.0497. The van der Waals surface area contributed by atoms with Crippen molar-refractivity contribution in [2.75, 3.05) is 32.5 Å². The van der Waals surface area contributed by atoms with Crippen LogP contribution in [-0.2, 0) is 28.4 Å². The summed E-state index contributed by atoms with van der Waals surface area (Å²) in [5.74, 6) is 0.437. The molecule has 8 heteroatoms. The van der Waals surface area contributed by atoms with Crippen LogP contribution in [0.1, 0.15) is 18.4 Å². The first kappa shape index (κ1) is 15.9. The summed E-state index contributed by atoms with van der Waals surface area (Å²) < 4.78 is 32.7. The van der Waals surface area contributed by atoms with E-state index in [0.29, 0.717) is 12.5 Å². The van der Waals surface area contributed by atoms with Crippen LogP contribution < -0.4 is 4.72 Å². The van der Waals surface area contributed by atoms with Gasteiger partial charge in [0.2, 0.25) is 10.0 Å². The van der Waals surface area contributed by atoms with Crippen LogP contribution in [0.3, 0.4) is 0 Å². The van der Waals surface area contributed by atoms with Crippen LogP contribution in [0, 0.1) is 5.92 Å². The number of aromatic nitrogens is 2. The number of nitrogens with zero attached hydrogens (tertiary/aromatic N) is 3. The molecule has 3 rings (SSSR count). The maximum absolute atomic E-state index is 11.1. The zero-order valence-corrected chi connectivity index (χ0v) is 14.0. The Hall–Kier alpha value is -0.960. The maximum atomic E-state index is 11.1. The molecule has 2 fully saturated rings. The zero-order valence-electron chi connectivity index (χ0n) is 13.2. The van der Waals surface area contributed by atoms with Crippen LogP contribution in [0.25, 0.3) is 0 Å². The minimum Gasteiger partial charge on any atom is -0.372 e. The lowest BCUT2D eigenvalue weighted by molar-refractivity contribution is -0.136. The van der Waals surface area contributed by atoms with Crippen LogP contribution in [0.5, 0.6) is 0 Å². The summed E-state index contributed by atoms with van der Waals surface area (Å²) in [5, 5.41) is 4.19.